The Balaban J connectivity index is 3.32. The van der Waals surface area contributed by atoms with E-state index in [1.54, 1.807) is 0 Å². The Morgan fingerprint density at radius 1 is 1.47 bits per heavy atom. The van der Waals surface area contributed by atoms with Gasteiger partial charge in [0.1, 0.15) is 0 Å². The molecule has 0 unspecified atom stereocenters. The van der Waals surface area contributed by atoms with Crippen LogP contribution in [0.4, 0.5) is 18.9 Å². The number of hydrogen-bond donors (Lipinski definition) is 1. The molecule has 0 radical (unpaired) electrons. The quantitative estimate of drug-likeness (QED) is 0.687. The normalized spacial score (nSPS) is 11.4. The summed E-state index contributed by atoms with van der Waals surface area (Å²) in [7, 11) is 0. The van der Waals surface area contributed by atoms with Gasteiger partial charge in [0, 0.05) is 6.07 Å². The van der Waals surface area contributed by atoms with Crippen molar-refractivity contribution in [2.45, 2.75) is 13.0 Å². The zero-order valence-electron chi connectivity index (χ0n) is 7.99. The highest BCUT2D eigenvalue weighted by atomic mass is 79.9. The van der Waals surface area contributed by atoms with Crippen molar-refractivity contribution < 1.29 is 27.9 Å². The Bertz CT molecular complexity index is 449. The fourth-order valence-corrected chi connectivity index (χ4v) is 1.66. The van der Waals surface area contributed by atoms with Gasteiger partial charge in [-0.25, -0.2) is 0 Å². The van der Waals surface area contributed by atoms with Crippen LogP contribution in [0, 0.1) is 10.1 Å². The monoisotopic (exact) mass is 315 g/mol. The molecule has 0 bridgehead atoms. The Hall–Kier alpha value is -1.35. The summed E-state index contributed by atoms with van der Waals surface area (Å²) in [5.41, 5.74) is -0.779. The fraction of sp³-hybridized carbons (Fsp3) is 0.250. The number of nitrogens with zero attached hydrogens (tertiary/aromatic N) is 1. The average molecular weight is 316 g/mol. The molecule has 0 aromatic heterocycles. The van der Waals surface area contributed by atoms with Crippen LogP contribution < -0.4 is 4.74 Å². The summed E-state index contributed by atoms with van der Waals surface area (Å²) in [4.78, 5) is 9.56. The molecule has 0 saturated carbocycles. The minimum Gasteiger partial charge on any atom is -0.397 e. The van der Waals surface area contributed by atoms with Crippen molar-refractivity contribution in [2.24, 2.45) is 0 Å². The van der Waals surface area contributed by atoms with Gasteiger partial charge in [0.2, 0.25) is 5.75 Å². The molecule has 94 valence electrons. The average Bonchev–Trinajstić information content (AvgIpc) is 2.18. The van der Waals surface area contributed by atoms with Gasteiger partial charge in [-0.3, -0.25) is 10.1 Å². The molecule has 17 heavy (non-hydrogen) atoms. The molecule has 0 saturated heterocycles. The number of rotatable bonds is 3. The van der Waals surface area contributed by atoms with E-state index in [2.05, 4.69) is 20.7 Å². The van der Waals surface area contributed by atoms with E-state index < -0.39 is 29.3 Å². The van der Waals surface area contributed by atoms with Gasteiger partial charge in [-0.2, -0.15) is 0 Å². The summed E-state index contributed by atoms with van der Waals surface area (Å²) in [5.74, 6) is -0.945. The molecule has 5 nitrogen and oxygen atoms in total. The molecule has 1 rings (SSSR count). The maximum Gasteiger partial charge on any atom is 0.573 e. The van der Waals surface area contributed by atoms with Gasteiger partial charge >= 0.3 is 12.0 Å². The van der Waals surface area contributed by atoms with E-state index in [0.29, 0.717) is 0 Å². The number of benzene rings is 1. The van der Waals surface area contributed by atoms with Crippen molar-refractivity contribution in [3.63, 3.8) is 0 Å². The summed E-state index contributed by atoms with van der Waals surface area (Å²) in [6.07, 6.45) is -5.03. The van der Waals surface area contributed by atoms with E-state index in [1.807, 2.05) is 0 Å². The van der Waals surface area contributed by atoms with Crippen molar-refractivity contribution in [3.8, 4) is 5.75 Å². The summed E-state index contributed by atoms with van der Waals surface area (Å²) in [6, 6.07) is 1.92. The lowest BCUT2D eigenvalue weighted by molar-refractivity contribution is -0.388. The van der Waals surface area contributed by atoms with Crippen molar-refractivity contribution in [1.82, 2.24) is 0 Å². The molecule has 0 heterocycles. The van der Waals surface area contributed by atoms with E-state index >= 15 is 0 Å². The third kappa shape index (κ3) is 3.56. The van der Waals surface area contributed by atoms with Crippen molar-refractivity contribution >= 4 is 21.6 Å². The van der Waals surface area contributed by atoms with Crippen LogP contribution in [0.15, 0.2) is 16.6 Å². The first kappa shape index (κ1) is 13.7. The standard InChI is InChI=1S/C8H5BrF3NO4/c9-5-1-4(3-14)2-6(13(15)16)7(5)17-8(10,11)12/h1-2,14H,3H2. The lowest BCUT2D eigenvalue weighted by Crippen LogP contribution is -2.18. The molecule has 0 fully saturated rings. The first-order valence-corrected chi connectivity index (χ1v) is 4.87. The highest BCUT2D eigenvalue weighted by molar-refractivity contribution is 9.10. The Kier molecular flexibility index (Phi) is 3.94. The number of hydrogen-bond acceptors (Lipinski definition) is 4. The van der Waals surface area contributed by atoms with Gasteiger partial charge in [-0.1, -0.05) is 0 Å². The lowest BCUT2D eigenvalue weighted by Gasteiger charge is -2.11. The lowest BCUT2D eigenvalue weighted by atomic mass is 10.2. The highest BCUT2D eigenvalue weighted by Crippen LogP contribution is 2.39. The van der Waals surface area contributed by atoms with Gasteiger partial charge in [0.25, 0.3) is 0 Å². The van der Waals surface area contributed by atoms with Crippen LogP contribution in [-0.2, 0) is 6.61 Å². The van der Waals surface area contributed by atoms with E-state index in [9.17, 15) is 23.3 Å². The second-order valence-electron chi connectivity index (χ2n) is 2.89. The van der Waals surface area contributed by atoms with Crippen LogP contribution in [0.25, 0.3) is 0 Å². The number of ether oxygens (including phenoxy) is 1. The molecular formula is C8H5BrF3NO4. The Labute approximate surface area is 101 Å². The minimum atomic E-state index is -5.03. The maximum atomic E-state index is 12.0. The number of alkyl halides is 3. The van der Waals surface area contributed by atoms with Gasteiger partial charge < -0.3 is 9.84 Å². The van der Waals surface area contributed by atoms with Crippen LogP contribution in [0.5, 0.6) is 5.75 Å². The van der Waals surface area contributed by atoms with Crippen molar-refractivity contribution in [1.29, 1.82) is 0 Å². The van der Waals surface area contributed by atoms with Gasteiger partial charge in [0.15, 0.2) is 0 Å². The molecular weight excluding hydrogens is 311 g/mol. The Morgan fingerprint density at radius 2 is 2.06 bits per heavy atom. The third-order valence-electron chi connectivity index (χ3n) is 1.68. The van der Waals surface area contributed by atoms with E-state index in [0.717, 1.165) is 12.1 Å². The molecule has 1 N–H and O–H groups in total. The SMILES string of the molecule is O=[N+]([O-])c1cc(CO)cc(Br)c1OC(F)(F)F. The number of aliphatic hydroxyl groups excluding tert-OH is 1. The van der Waals surface area contributed by atoms with Crippen LogP contribution in [0.3, 0.4) is 0 Å². The zero-order valence-corrected chi connectivity index (χ0v) is 9.58. The molecule has 0 aliphatic heterocycles. The van der Waals surface area contributed by atoms with Gasteiger partial charge in [-0.15, -0.1) is 13.2 Å². The molecule has 0 atom stereocenters. The largest absolute Gasteiger partial charge is 0.573 e. The second-order valence-corrected chi connectivity index (χ2v) is 3.74. The number of aliphatic hydroxyl groups is 1. The highest BCUT2D eigenvalue weighted by Gasteiger charge is 2.35. The molecule has 1 aromatic carbocycles. The third-order valence-corrected chi connectivity index (χ3v) is 2.27. The molecule has 0 aliphatic carbocycles. The first-order valence-electron chi connectivity index (χ1n) is 4.08. The van der Waals surface area contributed by atoms with Crippen LogP contribution in [-0.4, -0.2) is 16.4 Å². The topological polar surface area (TPSA) is 72.6 Å². The number of nitro groups is 1. The maximum absolute atomic E-state index is 12.0. The Morgan fingerprint density at radius 3 is 2.47 bits per heavy atom. The van der Waals surface area contributed by atoms with Crippen LogP contribution in [0.1, 0.15) is 5.56 Å². The summed E-state index contributed by atoms with van der Waals surface area (Å²) >= 11 is 2.72. The summed E-state index contributed by atoms with van der Waals surface area (Å²) < 4.78 is 39.4. The smallest absolute Gasteiger partial charge is 0.397 e. The number of halogens is 4. The zero-order chi connectivity index (χ0) is 13.2. The van der Waals surface area contributed by atoms with Crippen molar-refractivity contribution in [3.05, 3.63) is 32.3 Å². The van der Waals surface area contributed by atoms with E-state index in [1.165, 1.54) is 0 Å². The minimum absolute atomic E-state index is 0.0955. The van der Waals surface area contributed by atoms with E-state index in [-0.39, 0.29) is 10.0 Å². The fourth-order valence-electron chi connectivity index (χ4n) is 1.08. The number of nitro benzene ring substituents is 1. The molecule has 0 aliphatic rings. The summed E-state index contributed by atoms with van der Waals surface area (Å²) in [6.45, 7) is -0.536. The molecule has 9 heteroatoms. The molecule has 0 amide bonds. The first-order chi connectivity index (χ1) is 7.74. The van der Waals surface area contributed by atoms with Gasteiger partial charge in [-0.05, 0) is 27.6 Å². The predicted octanol–water partition coefficient (Wildman–Crippen LogP) is 2.75. The van der Waals surface area contributed by atoms with E-state index in [4.69, 9.17) is 5.11 Å². The van der Waals surface area contributed by atoms with Crippen LogP contribution >= 0.6 is 15.9 Å². The molecule has 1 aromatic rings. The van der Waals surface area contributed by atoms with Gasteiger partial charge in [0.05, 0.1) is 16.0 Å². The second kappa shape index (κ2) is 4.88. The van der Waals surface area contributed by atoms with Crippen molar-refractivity contribution in [2.75, 3.05) is 0 Å². The molecule has 0 spiro atoms. The summed E-state index contributed by atoms with van der Waals surface area (Å²) in [5, 5.41) is 19.4. The van der Waals surface area contributed by atoms with Crippen LogP contribution in [0.2, 0.25) is 0 Å². The predicted molar refractivity (Wildman–Crippen MR) is 53.4 cm³/mol.